The van der Waals surface area contributed by atoms with Crippen LogP contribution in [0.4, 0.5) is 0 Å². The van der Waals surface area contributed by atoms with Gasteiger partial charge in [0, 0.05) is 118 Å². The van der Waals surface area contributed by atoms with Gasteiger partial charge in [-0.15, -0.1) is 0 Å². The molecule has 8 bridgehead atoms. The van der Waals surface area contributed by atoms with Gasteiger partial charge in [-0.05, 0) is 33.4 Å². The van der Waals surface area contributed by atoms with Gasteiger partial charge in [-0.3, -0.25) is 68.0 Å². The third kappa shape index (κ3) is 20.2. The Balaban J connectivity index is 1.58. The van der Waals surface area contributed by atoms with E-state index in [4.69, 9.17) is 0 Å². The predicted octanol–water partition coefficient (Wildman–Crippen LogP) is 1.04. The zero-order chi connectivity index (χ0) is 49.0. The Bertz CT molecular complexity index is 1730. The topological polar surface area (TPSA) is 250 Å². The molecule has 20 heteroatoms. The molecule has 0 fully saturated rings. The Morgan fingerprint density at radius 3 is 0.515 bits per heavy atom. The summed E-state index contributed by atoms with van der Waals surface area (Å²) in [6.07, 6.45) is 0. The number of nitrogens with zero attached hydrogens (tertiary/aromatic N) is 8. The fourth-order valence-electron chi connectivity index (χ4n) is 8.60. The highest BCUT2D eigenvalue weighted by atomic mass is 16.4. The molecule has 0 saturated heterocycles. The van der Waals surface area contributed by atoms with Crippen molar-refractivity contribution >= 4 is 35.8 Å². The number of carboxylic acids is 6. The minimum Gasteiger partial charge on any atom is -0.480 e. The lowest BCUT2D eigenvalue weighted by molar-refractivity contribution is -0.139. The Morgan fingerprint density at radius 2 is 0.397 bits per heavy atom. The average molecular weight is 947 g/mol. The van der Waals surface area contributed by atoms with Crippen LogP contribution in [0.5, 0.6) is 0 Å². The van der Waals surface area contributed by atoms with E-state index in [9.17, 15) is 59.4 Å². The fourth-order valence-corrected chi connectivity index (χ4v) is 8.60. The molecule has 15 rings (SSSR count). The van der Waals surface area contributed by atoms with Crippen LogP contribution in [0.2, 0.25) is 0 Å². The van der Waals surface area contributed by atoms with Crippen molar-refractivity contribution in [3.8, 4) is 0 Å². The van der Waals surface area contributed by atoms with Gasteiger partial charge in [-0.25, -0.2) is 0 Å². The lowest BCUT2D eigenvalue weighted by Gasteiger charge is -2.32. The van der Waals surface area contributed by atoms with Crippen LogP contribution in [0, 0.1) is 0 Å². The first-order chi connectivity index (χ1) is 32.5. The van der Waals surface area contributed by atoms with Gasteiger partial charge in [0.25, 0.3) is 0 Å². The predicted molar refractivity (Wildman–Crippen MR) is 250 cm³/mol. The zero-order valence-corrected chi connectivity index (χ0v) is 38.6. The van der Waals surface area contributed by atoms with Gasteiger partial charge in [-0.1, -0.05) is 72.8 Å². The fraction of sp³-hybridized carbons (Fsp3) is 0.500. The number of hydrogen-bond acceptors (Lipinski definition) is 14. The minimum absolute atomic E-state index is 0.247. The summed E-state index contributed by atoms with van der Waals surface area (Å²) in [6.45, 7) is 4.61. The molecule has 6 N–H and O–H groups in total. The smallest absolute Gasteiger partial charge is 0.317 e. The number of carboxylic acid groups (broad SMARTS) is 6. The first-order valence-corrected chi connectivity index (χ1v) is 22.9. The van der Waals surface area contributed by atoms with Gasteiger partial charge >= 0.3 is 35.8 Å². The molecule has 12 aliphatic rings. The van der Waals surface area contributed by atoms with Crippen molar-refractivity contribution < 1.29 is 59.4 Å². The van der Waals surface area contributed by atoms with Crippen molar-refractivity contribution in [3.05, 3.63) is 106 Å². The maximum absolute atomic E-state index is 12.2. The van der Waals surface area contributed by atoms with Crippen LogP contribution in [0.25, 0.3) is 0 Å². The van der Waals surface area contributed by atoms with Crippen LogP contribution in [0.15, 0.2) is 72.8 Å². The molecule has 0 spiro atoms. The summed E-state index contributed by atoms with van der Waals surface area (Å²) in [6, 6.07) is 22.7. The highest BCUT2D eigenvalue weighted by Crippen LogP contribution is 2.16. The Morgan fingerprint density at radius 1 is 0.265 bits per heavy atom. The van der Waals surface area contributed by atoms with Crippen molar-refractivity contribution in [1.82, 2.24) is 39.2 Å². The lowest BCUT2D eigenvalue weighted by Crippen LogP contribution is -2.45. The quantitative estimate of drug-likeness (QED) is 0.148. The second-order valence-electron chi connectivity index (χ2n) is 17.8. The van der Waals surface area contributed by atoms with E-state index in [-0.39, 0.29) is 39.3 Å². The second-order valence-corrected chi connectivity index (χ2v) is 17.8. The standard InChI is InChI=1S/C48H66N8O12/c57-43(58)31-51-19-13-49-15-21-53(33-45(61)62)27-39-5-9-41(10-6-39)29-55(35-47(65)66)23-17-50(14-20-52(32-44(59)60)26-38-2-1-37(25-51)3-4-38)18-24-56(36-48(67)68)30-42-11-7-40(8-12-42)28-54(22-16-49)34-46(63)64/h1-12H,13-36H2,(H,57,58)(H,59,60)(H,61,62)(H,63,64)(H,65,66)(H,67,68). The van der Waals surface area contributed by atoms with Crippen LogP contribution < -0.4 is 0 Å². The van der Waals surface area contributed by atoms with Crippen molar-refractivity contribution in [2.45, 2.75) is 39.3 Å². The molecule has 3 aromatic carbocycles. The average Bonchev–Trinajstić information content (AvgIpc) is 3.25. The van der Waals surface area contributed by atoms with E-state index in [1.165, 1.54) is 0 Å². The molecule has 0 amide bonds. The van der Waals surface area contributed by atoms with Crippen molar-refractivity contribution in [3.63, 3.8) is 0 Å². The molecule has 0 aromatic heterocycles. The van der Waals surface area contributed by atoms with Crippen molar-refractivity contribution in [2.24, 2.45) is 0 Å². The van der Waals surface area contributed by atoms with E-state index >= 15 is 0 Å². The Labute approximate surface area is 396 Å². The molecule has 12 heterocycles. The maximum Gasteiger partial charge on any atom is 0.317 e. The Hall–Kier alpha value is -5.84. The summed E-state index contributed by atoms with van der Waals surface area (Å²) in [4.78, 5) is 88.0. The van der Waals surface area contributed by atoms with Crippen LogP contribution in [0.1, 0.15) is 33.4 Å². The van der Waals surface area contributed by atoms with E-state index in [2.05, 4.69) is 9.80 Å². The van der Waals surface area contributed by atoms with E-state index in [1.807, 2.05) is 102 Å². The largest absolute Gasteiger partial charge is 0.480 e. The molecule has 20 nitrogen and oxygen atoms in total. The maximum atomic E-state index is 12.2. The van der Waals surface area contributed by atoms with Crippen LogP contribution in [-0.2, 0) is 68.0 Å². The van der Waals surface area contributed by atoms with Crippen molar-refractivity contribution in [1.29, 1.82) is 0 Å². The molecule has 0 radical (unpaired) electrons. The number of aliphatic carboxylic acids is 6. The monoisotopic (exact) mass is 946 g/mol. The number of benzene rings is 3. The molecule has 0 saturated carbocycles. The summed E-state index contributed by atoms with van der Waals surface area (Å²) in [5.74, 6) is -6.04. The van der Waals surface area contributed by atoms with Gasteiger partial charge in [0.1, 0.15) is 0 Å². The first-order valence-electron chi connectivity index (χ1n) is 22.9. The van der Waals surface area contributed by atoms with Gasteiger partial charge in [0.05, 0.1) is 39.3 Å². The SMILES string of the molecule is O=C(O)CN1CCN2CCN(CC(=O)O)Cc3ccc(cc3)CN(CC(=O)O)CCN(CCN(CC(=O)O)Cc3ccc(cc3)C1)CCN(CC(=O)O)Cc1ccc(cc1)CN(CC(=O)O)CC2. The number of hydrogen-bond donors (Lipinski definition) is 6. The van der Waals surface area contributed by atoms with Gasteiger partial charge in [-0.2, -0.15) is 0 Å². The molecule has 370 valence electrons. The van der Waals surface area contributed by atoms with Gasteiger partial charge < -0.3 is 30.6 Å². The molecule has 68 heavy (non-hydrogen) atoms. The lowest BCUT2D eigenvalue weighted by atomic mass is 10.1. The number of rotatable bonds is 12. The van der Waals surface area contributed by atoms with Crippen LogP contribution in [-0.4, -0.2) is 223 Å². The molecular formula is C48H66N8O12. The zero-order valence-electron chi connectivity index (χ0n) is 38.6. The van der Waals surface area contributed by atoms with E-state index in [1.54, 1.807) is 0 Å². The highest BCUT2D eigenvalue weighted by Gasteiger charge is 2.22. The molecule has 0 unspecified atom stereocenters. The second kappa shape index (κ2) is 27.2. The third-order valence-electron chi connectivity index (χ3n) is 12.1. The van der Waals surface area contributed by atoms with Crippen molar-refractivity contribution in [2.75, 3.05) is 118 Å². The molecular weight excluding hydrogens is 881 g/mol. The first kappa shape index (κ1) is 53.1. The third-order valence-corrected chi connectivity index (χ3v) is 12.1. The minimum atomic E-state index is -1.01. The summed E-state index contributed by atoms with van der Waals surface area (Å²) in [5.41, 5.74) is 5.05. The molecule has 3 aromatic rings. The van der Waals surface area contributed by atoms with E-state index < -0.39 is 35.8 Å². The number of carbonyl (C=O) groups is 6. The summed E-state index contributed by atoms with van der Waals surface area (Å²) in [7, 11) is 0. The highest BCUT2D eigenvalue weighted by molar-refractivity contribution is 5.70. The summed E-state index contributed by atoms with van der Waals surface area (Å²) < 4.78 is 0. The van der Waals surface area contributed by atoms with Gasteiger partial charge in [0.2, 0.25) is 0 Å². The Kier molecular flexibility index (Phi) is 21.3. The van der Waals surface area contributed by atoms with Crippen LogP contribution >= 0.6 is 0 Å². The van der Waals surface area contributed by atoms with E-state index in [0.29, 0.717) is 118 Å². The molecule has 0 aliphatic carbocycles. The summed E-state index contributed by atoms with van der Waals surface area (Å²) >= 11 is 0. The normalized spacial score (nSPS) is 20.3. The van der Waals surface area contributed by atoms with Gasteiger partial charge in [0.15, 0.2) is 0 Å². The summed E-state index contributed by atoms with van der Waals surface area (Å²) in [5, 5.41) is 59.7. The molecule has 0 atom stereocenters. The molecule has 12 aliphatic heterocycles. The van der Waals surface area contributed by atoms with E-state index in [0.717, 1.165) is 33.4 Å². The van der Waals surface area contributed by atoms with Crippen LogP contribution in [0.3, 0.4) is 0 Å².